The summed E-state index contributed by atoms with van der Waals surface area (Å²) in [4.78, 5) is 39.6. The Morgan fingerprint density at radius 2 is 1.97 bits per heavy atom. The second kappa shape index (κ2) is 10.0. The predicted octanol–water partition coefficient (Wildman–Crippen LogP) is 3.97. The highest BCUT2D eigenvalue weighted by atomic mass is 32.1. The molecule has 0 radical (unpaired) electrons. The molecule has 4 aromatic rings. The van der Waals surface area contributed by atoms with Crippen molar-refractivity contribution in [2.24, 2.45) is 5.73 Å². The van der Waals surface area contributed by atoms with E-state index in [1.807, 2.05) is 6.92 Å². The lowest BCUT2D eigenvalue weighted by atomic mass is 10.0. The molecule has 0 unspecified atom stereocenters. The number of primary amides is 1. The maximum atomic E-state index is 13.7. The number of thiophene rings is 1. The van der Waals surface area contributed by atoms with E-state index in [2.05, 4.69) is 20.5 Å². The van der Waals surface area contributed by atoms with Gasteiger partial charge in [0, 0.05) is 29.6 Å². The number of rotatable bonds is 9. The first-order valence-electron chi connectivity index (χ1n) is 11.1. The highest BCUT2D eigenvalue weighted by molar-refractivity contribution is 7.21. The number of hydrogen-bond acceptors (Lipinski definition) is 8. The van der Waals surface area contributed by atoms with Crippen LogP contribution in [0, 0.1) is 24.0 Å². The minimum Gasteiger partial charge on any atom is -0.365 e. The highest BCUT2D eigenvalue weighted by Gasteiger charge is 2.26. The molecule has 0 aliphatic rings. The van der Waals surface area contributed by atoms with Gasteiger partial charge in [-0.1, -0.05) is 0 Å². The van der Waals surface area contributed by atoms with E-state index in [1.54, 1.807) is 18.5 Å². The van der Waals surface area contributed by atoms with Crippen molar-refractivity contribution >= 4 is 44.9 Å². The topological polar surface area (TPSA) is 164 Å². The van der Waals surface area contributed by atoms with Crippen molar-refractivity contribution in [1.82, 2.24) is 24.5 Å². The van der Waals surface area contributed by atoms with Gasteiger partial charge in [-0.25, -0.2) is 13.8 Å². The summed E-state index contributed by atoms with van der Waals surface area (Å²) in [7, 11) is 0. The average Bonchev–Trinajstić information content (AvgIpc) is 3.52. The molecule has 0 saturated carbocycles. The van der Waals surface area contributed by atoms with Crippen LogP contribution in [0.1, 0.15) is 46.5 Å². The minimum atomic E-state index is -2.87. The molecular weight excluding hydrogens is 510 g/mol. The molecule has 0 aromatic carbocycles. The SMILES string of the molecule is CCn1ncc(-c2cc(C(F)F)nc3sc(C(N)=O)c(NC(=O)CCn4nc([N+](=O)[O-])cc4C)c23)c1C. The van der Waals surface area contributed by atoms with E-state index in [4.69, 9.17) is 5.73 Å². The van der Waals surface area contributed by atoms with Crippen LogP contribution in [0.4, 0.5) is 20.3 Å². The number of nitro groups is 1. The van der Waals surface area contributed by atoms with Crippen LogP contribution in [-0.4, -0.2) is 41.3 Å². The molecule has 0 aliphatic carbocycles. The zero-order valence-corrected chi connectivity index (χ0v) is 20.8. The fourth-order valence-electron chi connectivity index (χ4n) is 3.98. The smallest absolute Gasteiger partial charge is 0.365 e. The summed E-state index contributed by atoms with van der Waals surface area (Å²) in [6.45, 7) is 5.86. The molecule has 0 bridgehead atoms. The Labute approximate surface area is 212 Å². The van der Waals surface area contributed by atoms with Crippen LogP contribution in [0.3, 0.4) is 0 Å². The van der Waals surface area contributed by atoms with Crippen LogP contribution < -0.4 is 11.1 Å². The number of pyridine rings is 1. The zero-order chi connectivity index (χ0) is 27.0. The van der Waals surface area contributed by atoms with E-state index >= 15 is 0 Å². The summed E-state index contributed by atoms with van der Waals surface area (Å²) >= 11 is 0.803. The molecule has 194 valence electrons. The Bertz CT molecular complexity index is 1540. The first-order valence-corrected chi connectivity index (χ1v) is 11.9. The lowest BCUT2D eigenvalue weighted by molar-refractivity contribution is -0.389. The Morgan fingerprint density at radius 1 is 1.24 bits per heavy atom. The van der Waals surface area contributed by atoms with Crippen molar-refractivity contribution in [2.45, 2.75) is 46.7 Å². The number of nitrogens with two attached hydrogens (primary N) is 1. The molecule has 0 spiro atoms. The number of amides is 2. The summed E-state index contributed by atoms with van der Waals surface area (Å²) in [5, 5.41) is 22.1. The van der Waals surface area contributed by atoms with Crippen molar-refractivity contribution in [2.75, 3.05) is 5.32 Å². The van der Waals surface area contributed by atoms with Crippen LogP contribution in [-0.2, 0) is 17.9 Å². The van der Waals surface area contributed by atoms with E-state index in [0.29, 0.717) is 34.4 Å². The number of carbonyl (C=O) groups excluding carboxylic acids is 2. The van der Waals surface area contributed by atoms with Crippen LogP contribution in [0.2, 0.25) is 0 Å². The van der Waals surface area contributed by atoms with E-state index in [1.165, 1.54) is 23.0 Å². The Balaban J connectivity index is 1.77. The lowest BCUT2D eigenvalue weighted by Crippen LogP contribution is -2.18. The molecule has 0 aliphatic heterocycles. The minimum absolute atomic E-state index is 0.0303. The quantitative estimate of drug-likeness (QED) is 0.243. The van der Waals surface area contributed by atoms with Crippen LogP contribution in [0.25, 0.3) is 21.3 Å². The Kier molecular flexibility index (Phi) is 6.98. The van der Waals surface area contributed by atoms with E-state index < -0.39 is 28.9 Å². The zero-order valence-electron chi connectivity index (χ0n) is 20.0. The summed E-state index contributed by atoms with van der Waals surface area (Å²) in [5.74, 6) is -1.74. The first-order chi connectivity index (χ1) is 17.5. The van der Waals surface area contributed by atoms with Gasteiger partial charge in [0.15, 0.2) is 0 Å². The molecular formula is C22H22F2N8O4S. The number of aromatic nitrogens is 5. The van der Waals surface area contributed by atoms with Gasteiger partial charge in [-0.05, 0) is 37.3 Å². The maximum Gasteiger partial charge on any atom is 0.390 e. The molecule has 4 rings (SSSR count). The molecule has 15 heteroatoms. The number of aryl methyl sites for hydroxylation is 3. The van der Waals surface area contributed by atoms with Crippen molar-refractivity contribution in [3.63, 3.8) is 0 Å². The van der Waals surface area contributed by atoms with Crippen LogP contribution in [0.5, 0.6) is 0 Å². The van der Waals surface area contributed by atoms with Gasteiger partial charge in [-0.2, -0.15) is 9.78 Å². The molecule has 2 amide bonds. The molecule has 4 heterocycles. The van der Waals surface area contributed by atoms with Crippen molar-refractivity contribution in [3.8, 4) is 11.1 Å². The summed E-state index contributed by atoms with van der Waals surface area (Å²) in [5.41, 5.74) is 7.20. The van der Waals surface area contributed by atoms with Gasteiger partial charge in [0.25, 0.3) is 12.3 Å². The monoisotopic (exact) mass is 532 g/mol. The third kappa shape index (κ3) is 4.89. The highest BCUT2D eigenvalue weighted by Crippen LogP contribution is 2.43. The standard InChI is InChI=1S/C22H22F2N8O4S/c1-4-30-11(3)13(9-26-30)12-8-14(20(23)24)27-22-17(12)18(19(37-22)21(25)34)28-16(33)5-6-31-10(2)7-15(29-31)32(35)36/h7-9,20H,4-6H2,1-3H3,(H2,25,34)(H,28,33). The van der Waals surface area contributed by atoms with E-state index in [0.717, 1.165) is 11.3 Å². The van der Waals surface area contributed by atoms with Gasteiger partial charge >= 0.3 is 5.82 Å². The lowest BCUT2D eigenvalue weighted by Gasteiger charge is -2.11. The van der Waals surface area contributed by atoms with Crippen LogP contribution >= 0.6 is 11.3 Å². The second-order valence-corrected chi connectivity index (χ2v) is 9.13. The van der Waals surface area contributed by atoms with Crippen LogP contribution in [0.15, 0.2) is 18.3 Å². The third-order valence-corrected chi connectivity index (χ3v) is 6.89. The van der Waals surface area contributed by atoms with Crippen molar-refractivity contribution in [3.05, 3.63) is 50.4 Å². The van der Waals surface area contributed by atoms with Gasteiger partial charge in [0.1, 0.15) is 15.4 Å². The molecule has 4 aromatic heterocycles. The summed E-state index contributed by atoms with van der Waals surface area (Å²) < 4.78 is 30.4. The number of nitrogens with one attached hydrogen (secondary N) is 1. The fraction of sp³-hybridized carbons (Fsp3) is 0.318. The number of halogens is 2. The molecule has 0 atom stereocenters. The normalized spacial score (nSPS) is 11.4. The Morgan fingerprint density at radius 3 is 2.54 bits per heavy atom. The number of fused-ring (bicyclic) bond motifs is 1. The third-order valence-electron chi connectivity index (χ3n) is 5.79. The number of hydrogen-bond donors (Lipinski definition) is 2. The number of anilines is 1. The van der Waals surface area contributed by atoms with Gasteiger partial charge in [-0.3, -0.25) is 14.3 Å². The van der Waals surface area contributed by atoms with E-state index in [-0.39, 0.29) is 34.2 Å². The second-order valence-electron chi connectivity index (χ2n) is 8.13. The number of nitrogens with zero attached hydrogens (tertiary/aromatic N) is 6. The van der Waals surface area contributed by atoms with E-state index in [9.17, 15) is 28.5 Å². The van der Waals surface area contributed by atoms with Gasteiger partial charge in [0.2, 0.25) is 5.91 Å². The van der Waals surface area contributed by atoms with Gasteiger partial charge < -0.3 is 21.2 Å². The molecule has 0 saturated heterocycles. The molecule has 37 heavy (non-hydrogen) atoms. The largest absolute Gasteiger partial charge is 0.390 e. The average molecular weight is 533 g/mol. The van der Waals surface area contributed by atoms with Crippen molar-refractivity contribution < 1.29 is 23.3 Å². The molecule has 3 N–H and O–H groups in total. The molecule has 0 fully saturated rings. The fourth-order valence-corrected chi connectivity index (χ4v) is 5.00. The van der Waals surface area contributed by atoms with Gasteiger partial charge in [-0.15, -0.1) is 11.3 Å². The first kappa shape index (κ1) is 25.8. The Hall–Kier alpha value is -4.27. The van der Waals surface area contributed by atoms with Gasteiger partial charge in [0.05, 0.1) is 35.3 Å². The number of carbonyl (C=O) groups is 2. The maximum absolute atomic E-state index is 13.7. The van der Waals surface area contributed by atoms with Crippen molar-refractivity contribution in [1.29, 1.82) is 0 Å². The molecule has 12 nitrogen and oxygen atoms in total. The predicted molar refractivity (Wildman–Crippen MR) is 132 cm³/mol. The number of alkyl halides is 2. The summed E-state index contributed by atoms with van der Waals surface area (Å²) in [6, 6.07) is 2.50. The summed E-state index contributed by atoms with van der Waals surface area (Å²) in [6.07, 6.45) is -1.48.